The summed E-state index contributed by atoms with van der Waals surface area (Å²) in [6.45, 7) is 0. The first kappa shape index (κ1) is 12.0. The second-order valence-electron chi connectivity index (χ2n) is 5.19. The predicted molar refractivity (Wildman–Crippen MR) is 73.4 cm³/mol. The van der Waals surface area contributed by atoms with Crippen LogP contribution >= 0.6 is 0 Å². The van der Waals surface area contributed by atoms with Crippen molar-refractivity contribution >= 4 is 11.8 Å². The number of aromatic nitrogens is 1. The summed E-state index contributed by atoms with van der Waals surface area (Å²) in [5.74, 6) is 1.01. The summed E-state index contributed by atoms with van der Waals surface area (Å²) in [7, 11) is 0. The number of anilines is 1. The first-order valence-electron chi connectivity index (χ1n) is 6.56. The van der Waals surface area contributed by atoms with Crippen molar-refractivity contribution in [2.45, 2.75) is 12.0 Å². The number of nitrogens with two attached hydrogens (primary N) is 1. The molecule has 2 aromatic rings. The van der Waals surface area contributed by atoms with Gasteiger partial charge in [0, 0.05) is 23.7 Å². The van der Waals surface area contributed by atoms with Gasteiger partial charge in [0.2, 0.25) is 0 Å². The Labute approximate surface area is 120 Å². The zero-order valence-corrected chi connectivity index (χ0v) is 10.9. The van der Waals surface area contributed by atoms with E-state index in [0.29, 0.717) is 17.3 Å². The molecule has 21 heavy (non-hydrogen) atoms. The number of benzene rings is 1. The largest absolute Gasteiger partial charge is 0.489 e. The molecule has 0 spiro atoms. The molecule has 4 rings (SSSR count). The first-order chi connectivity index (χ1) is 10.1. The van der Waals surface area contributed by atoms with E-state index in [1.165, 1.54) is 0 Å². The quantitative estimate of drug-likeness (QED) is 0.895. The molecule has 1 aliphatic carbocycles. The molecule has 1 aromatic heterocycles. The van der Waals surface area contributed by atoms with E-state index in [4.69, 9.17) is 20.3 Å². The highest BCUT2D eigenvalue weighted by atomic mass is 16.5. The molecule has 2 aliphatic rings. The number of hydrogen-bond acceptors (Lipinski definition) is 5. The lowest BCUT2D eigenvalue weighted by Crippen LogP contribution is -2.08. The number of nitrogen functional groups attached to an aromatic ring is 1. The highest BCUT2D eigenvalue weighted by Gasteiger charge is 2.63. The van der Waals surface area contributed by atoms with Crippen LogP contribution in [0.15, 0.2) is 36.5 Å². The van der Waals surface area contributed by atoms with Crippen LogP contribution < -0.4 is 15.2 Å². The van der Waals surface area contributed by atoms with E-state index in [0.717, 1.165) is 11.3 Å². The van der Waals surface area contributed by atoms with Crippen molar-refractivity contribution in [3.8, 4) is 17.2 Å². The van der Waals surface area contributed by atoms with Crippen molar-refractivity contribution in [3.63, 3.8) is 0 Å². The Morgan fingerprint density at radius 2 is 2.10 bits per heavy atom. The van der Waals surface area contributed by atoms with Crippen molar-refractivity contribution < 1.29 is 19.4 Å². The molecule has 1 aromatic carbocycles. The van der Waals surface area contributed by atoms with Gasteiger partial charge in [0.15, 0.2) is 0 Å². The summed E-state index contributed by atoms with van der Waals surface area (Å²) in [6.07, 6.45) is 1.34. The maximum absolute atomic E-state index is 11.1. The van der Waals surface area contributed by atoms with Crippen molar-refractivity contribution in [2.24, 2.45) is 5.92 Å². The van der Waals surface area contributed by atoms with Gasteiger partial charge < -0.3 is 20.3 Å². The van der Waals surface area contributed by atoms with Crippen LogP contribution in [-0.2, 0) is 4.79 Å². The van der Waals surface area contributed by atoms with Crippen LogP contribution in [0.1, 0.15) is 11.5 Å². The van der Waals surface area contributed by atoms with Crippen molar-refractivity contribution in [1.82, 2.24) is 4.98 Å². The van der Waals surface area contributed by atoms with Crippen LogP contribution in [0.3, 0.4) is 0 Å². The van der Waals surface area contributed by atoms with Gasteiger partial charge in [0.1, 0.15) is 35.1 Å². The highest BCUT2D eigenvalue weighted by molar-refractivity contribution is 5.79. The Morgan fingerprint density at radius 1 is 1.29 bits per heavy atom. The van der Waals surface area contributed by atoms with Crippen LogP contribution in [0.5, 0.6) is 17.2 Å². The van der Waals surface area contributed by atoms with E-state index in [-0.39, 0.29) is 12.0 Å². The van der Waals surface area contributed by atoms with Gasteiger partial charge in [0.05, 0.1) is 0 Å². The molecule has 0 bridgehead atoms. The molecule has 1 fully saturated rings. The number of carbonyl (C=O) groups is 1. The summed E-state index contributed by atoms with van der Waals surface area (Å²) in [5, 5.41) is 9.09. The Balaban J connectivity index is 1.61. The van der Waals surface area contributed by atoms with Crippen LogP contribution in [0, 0.1) is 5.92 Å². The number of aliphatic carboxylic acids is 1. The van der Waals surface area contributed by atoms with Crippen molar-refractivity contribution in [1.29, 1.82) is 0 Å². The first-order valence-corrected chi connectivity index (χ1v) is 6.56. The molecule has 6 heteroatoms. The minimum atomic E-state index is -0.816. The van der Waals surface area contributed by atoms with Gasteiger partial charge in [-0.25, -0.2) is 4.98 Å². The fraction of sp³-hybridized carbons (Fsp3) is 0.200. The number of pyridine rings is 1. The lowest BCUT2D eigenvalue weighted by molar-refractivity contribution is -0.139. The van der Waals surface area contributed by atoms with Gasteiger partial charge in [-0.05, 0) is 24.3 Å². The third-order valence-corrected chi connectivity index (χ3v) is 3.83. The molecule has 0 amide bonds. The van der Waals surface area contributed by atoms with Gasteiger partial charge in [-0.3, -0.25) is 4.79 Å². The van der Waals surface area contributed by atoms with Crippen molar-refractivity contribution in [3.05, 3.63) is 42.1 Å². The Bertz CT molecular complexity index is 746. The second-order valence-corrected chi connectivity index (χ2v) is 5.19. The molecule has 1 aliphatic heterocycles. The molecule has 1 saturated carbocycles. The topological polar surface area (TPSA) is 94.7 Å². The van der Waals surface area contributed by atoms with Crippen LogP contribution in [0.2, 0.25) is 0 Å². The number of carboxylic acids is 1. The molecule has 6 nitrogen and oxygen atoms in total. The van der Waals surface area contributed by atoms with E-state index in [1.807, 2.05) is 6.07 Å². The van der Waals surface area contributed by atoms with Crippen LogP contribution in [0.25, 0.3) is 0 Å². The molecular formula is C15H12N2O4. The summed E-state index contributed by atoms with van der Waals surface area (Å²) in [6, 6.07) is 8.76. The van der Waals surface area contributed by atoms with E-state index >= 15 is 0 Å². The second kappa shape index (κ2) is 4.12. The number of fused-ring (bicyclic) bond motifs is 3. The standard InChI is InChI=1S/C15H12N2O4/c16-11-6-8(3-4-17-11)20-7-1-2-10-9(5-7)12-13(15(18)19)14(12)21-10/h1-6,12-14H,(H2,16,17)(H,18,19). The average molecular weight is 284 g/mol. The molecule has 0 saturated heterocycles. The summed E-state index contributed by atoms with van der Waals surface area (Å²) in [4.78, 5) is 15.0. The molecule has 0 radical (unpaired) electrons. The summed E-state index contributed by atoms with van der Waals surface area (Å²) in [5.41, 5.74) is 6.50. The Morgan fingerprint density at radius 3 is 2.86 bits per heavy atom. The fourth-order valence-corrected chi connectivity index (χ4v) is 2.83. The van der Waals surface area contributed by atoms with Crippen molar-refractivity contribution in [2.75, 3.05) is 5.73 Å². The third-order valence-electron chi connectivity index (χ3n) is 3.83. The number of hydrogen-bond donors (Lipinski definition) is 2. The number of ether oxygens (including phenoxy) is 2. The molecule has 3 N–H and O–H groups in total. The van der Waals surface area contributed by atoms with Crippen LogP contribution in [-0.4, -0.2) is 22.2 Å². The van der Waals surface area contributed by atoms with E-state index in [2.05, 4.69) is 4.98 Å². The minimum absolute atomic E-state index is 0.0661. The van der Waals surface area contributed by atoms with E-state index in [1.54, 1.807) is 30.5 Å². The predicted octanol–water partition coefficient (Wildman–Crippen LogP) is 2.02. The molecule has 2 heterocycles. The van der Waals surface area contributed by atoms with E-state index in [9.17, 15) is 4.79 Å². The Hall–Kier alpha value is -2.76. The van der Waals surface area contributed by atoms with Crippen LogP contribution in [0.4, 0.5) is 5.82 Å². The van der Waals surface area contributed by atoms with Gasteiger partial charge in [-0.2, -0.15) is 0 Å². The number of rotatable bonds is 3. The maximum Gasteiger partial charge on any atom is 0.311 e. The van der Waals surface area contributed by atoms with Gasteiger partial charge in [0.25, 0.3) is 0 Å². The lowest BCUT2D eigenvalue weighted by atomic mass is 10.1. The maximum atomic E-state index is 11.1. The average Bonchev–Trinajstić information content (AvgIpc) is 3.04. The monoisotopic (exact) mass is 284 g/mol. The molecule has 3 unspecified atom stereocenters. The van der Waals surface area contributed by atoms with E-state index < -0.39 is 11.9 Å². The fourth-order valence-electron chi connectivity index (χ4n) is 2.83. The zero-order valence-electron chi connectivity index (χ0n) is 10.9. The SMILES string of the molecule is Nc1cc(Oc2ccc3c(c2)C2C(O3)C2C(=O)O)ccn1. The molecule has 3 atom stereocenters. The number of carboxylic acid groups (broad SMARTS) is 1. The summed E-state index contributed by atoms with van der Waals surface area (Å²) < 4.78 is 11.3. The Kier molecular flexibility index (Phi) is 2.35. The molecular weight excluding hydrogens is 272 g/mol. The minimum Gasteiger partial charge on any atom is -0.489 e. The smallest absolute Gasteiger partial charge is 0.311 e. The van der Waals surface area contributed by atoms with Gasteiger partial charge in [-0.1, -0.05) is 0 Å². The number of nitrogens with zero attached hydrogens (tertiary/aromatic N) is 1. The van der Waals surface area contributed by atoms with Gasteiger partial charge >= 0.3 is 5.97 Å². The zero-order chi connectivity index (χ0) is 14.6. The lowest BCUT2D eigenvalue weighted by Gasteiger charge is -2.10. The highest BCUT2D eigenvalue weighted by Crippen LogP contribution is 2.58. The third kappa shape index (κ3) is 1.87. The normalized spacial score (nSPS) is 24.7. The van der Waals surface area contributed by atoms with Gasteiger partial charge in [-0.15, -0.1) is 0 Å². The molecule has 106 valence electrons. The summed E-state index contributed by atoms with van der Waals surface area (Å²) >= 11 is 0.